The van der Waals surface area contributed by atoms with Crippen molar-refractivity contribution < 1.29 is 9.20 Å². The number of aromatic nitrogens is 3. The Morgan fingerprint density at radius 3 is 2.47 bits per heavy atom. The Bertz CT molecular complexity index is 558. The van der Waals surface area contributed by atoms with Gasteiger partial charge in [-0.25, -0.2) is 19.5 Å². The number of rotatable bonds is 2. The van der Waals surface area contributed by atoms with Crippen LogP contribution in [0, 0.1) is 11.2 Å². The Morgan fingerprint density at radius 2 is 1.88 bits per heavy atom. The first-order chi connectivity index (χ1) is 8.02. The van der Waals surface area contributed by atoms with Crippen LogP contribution in [-0.2, 0) is 0 Å². The molecule has 0 saturated carbocycles. The Kier molecular flexibility index (Phi) is 2.66. The van der Waals surface area contributed by atoms with Crippen LogP contribution in [0.1, 0.15) is 0 Å². The van der Waals surface area contributed by atoms with Crippen molar-refractivity contribution >= 4 is 11.9 Å². The van der Waals surface area contributed by atoms with Crippen LogP contribution in [0.2, 0.25) is 0 Å². The zero-order chi connectivity index (χ0) is 12.6. The predicted molar refractivity (Wildman–Crippen MR) is 61.2 cm³/mol. The zero-order valence-corrected chi connectivity index (χ0v) is 10.3. The maximum atomic E-state index is 11.6. The fourth-order valence-electron chi connectivity index (χ4n) is 1.80. The Hall–Kier alpha value is -2.18. The van der Waals surface area contributed by atoms with Gasteiger partial charge < -0.3 is 15.3 Å². The van der Waals surface area contributed by atoms with Crippen LogP contribution in [0.4, 0.5) is 5.82 Å². The number of fused-ring (bicyclic) bond motifs is 1. The molecule has 1 aromatic rings. The second kappa shape index (κ2) is 4.00. The van der Waals surface area contributed by atoms with Crippen molar-refractivity contribution in [3.63, 3.8) is 0 Å². The molecule has 2 rings (SSSR count). The molecule has 1 aliphatic heterocycles. The van der Waals surface area contributed by atoms with E-state index in [2.05, 4.69) is 10.5 Å². The van der Waals surface area contributed by atoms with Gasteiger partial charge in [-0.1, -0.05) is 0 Å². The molecule has 17 heavy (non-hydrogen) atoms. The van der Waals surface area contributed by atoms with E-state index in [1.54, 1.807) is 16.6 Å². The van der Waals surface area contributed by atoms with Crippen molar-refractivity contribution in [1.82, 2.24) is 15.0 Å². The lowest BCUT2D eigenvalue weighted by atomic mass is 10.4. The molecule has 0 atom stereocenters. The standard InChI is InChI=1S/C10H15N6O/c1-13(2)10(14(3)4)15-8-6-5-7-11-9(8)16(17)12-15/h5-7H,1-4H3/q-1. The van der Waals surface area contributed by atoms with Crippen LogP contribution in [-0.4, -0.2) is 38.0 Å². The number of nitrogens with zero attached hydrogens (tertiary/aromatic N) is 6. The monoisotopic (exact) mass is 235 g/mol. The molecule has 0 aliphatic carbocycles. The molecule has 0 fully saturated rings. The summed E-state index contributed by atoms with van der Waals surface area (Å²) < 4.78 is 1.58. The lowest BCUT2D eigenvalue weighted by Gasteiger charge is -2.17. The number of allylic oxidation sites excluding steroid dienone is 1. The molecular formula is C10H15N6O-. The summed E-state index contributed by atoms with van der Waals surface area (Å²) in [7, 11) is 7.59. The van der Waals surface area contributed by atoms with Crippen LogP contribution in [0.25, 0.3) is 11.4 Å². The van der Waals surface area contributed by atoms with E-state index in [0.717, 1.165) is 5.96 Å². The van der Waals surface area contributed by atoms with E-state index in [-0.39, 0.29) is 0 Å². The molecule has 7 heteroatoms. The van der Waals surface area contributed by atoms with Gasteiger partial charge >= 0.3 is 5.96 Å². The molecule has 1 aromatic heterocycles. The Morgan fingerprint density at radius 1 is 1.24 bits per heavy atom. The maximum Gasteiger partial charge on any atom is 0.431 e. The SMILES string of the molecule is CN(C)C(N(C)C)=[n+]1[n-][n+]([O-])c2c1=CC=C[N-]2. The molecule has 0 saturated heterocycles. The smallest absolute Gasteiger partial charge is 0.431 e. The highest BCUT2D eigenvalue weighted by Crippen LogP contribution is 2.07. The quantitative estimate of drug-likeness (QED) is 0.452. The van der Waals surface area contributed by atoms with Crippen molar-refractivity contribution in [2.45, 2.75) is 0 Å². The van der Waals surface area contributed by atoms with E-state index < -0.39 is 0 Å². The third-order valence-electron chi connectivity index (χ3n) is 2.34. The summed E-state index contributed by atoms with van der Waals surface area (Å²) in [6.07, 6.45) is 5.17. The van der Waals surface area contributed by atoms with Gasteiger partial charge in [-0.2, -0.15) is 0 Å². The van der Waals surface area contributed by atoms with E-state index in [1.165, 1.54) is 0 Å². The van der Waals surface area contributed by atoms with Gasteiger partial charge in [0.15, 0.2) is 11.2 Å². The van der Waals surface area contributed by atoms with E-state index in [0.29, 0.717) is 16.0 Å². The highest BCUT2D eigenvalue weighted by atomic mass is 16.5. The van der Waals surface area contributed by atoms with Crippen molar-refractivity contribution in [3.8, 4) is 0 Å². The summed E-state index contributed by atoms with van der Waals surface area (Å²) in [6.45, 7) is 0. The molecule has 0 aromatic carbocycles. The zero-order valence-electron chi connectivity index (χ0n) is 10.3. The minimum atomic E-state index is 0.314. The first kappa shape index (κ1) is 11.3. The van der Waals surface area contributed by atoms with Crippen molar-refractivity contribution in [2.75, 3.05) is 28.2 Å². The second-order valence-electron chi connectivity index (χ2n) is 4.11. The third-order valence-corrected chi connectivity index (χ3v) is 2.34. The fraction of sp³-hybridized carbons (Fsp3) is 0.400. The van der Waals surface area contributed by atoms with Gasteiger partial charge in [-0.15, -0.1) is 0 Å². The molecule has 0 amide bonds. The molecule has 2 heterocycles. The molecule has 0 radical (unpaired) electrons. The van der Waals surface area contributed by atoms with Gasteiger partial charge in [0.25, 0.3) is 0 Å². The topological polar surface area (TPSA) is 67.5 Å². The van der Waals surface area contributed by atoms with Crippen molar-refractivity contribution in [3.05, 3.63) is 34.1 Å². The van der Waals surface area contributed by atoms with E-state index in [9.17, 15) is 5.21 Å². The largest absolute Gasteiger partial charge is 0.819 e. The van der Waals surface area contributed by atoms with Crippen LogP contribution in [0.5, 0.6) is 0 Å². The molecule has 0 N–H and O–H groups in total. The van der Waals surface area contributed by atoms with Gasteiger partial charge in [0.05, 0.1) is 28.2 Å². The Balaban J connectivity index is 2.84. The number of hydrogen-bond donors (Lipinski definition) is 0. The van der Waals surface area contributed by atoms with Gasteiger partial charge in [0, 0.05) is 6.20 Å². The average Bonchev–Trinajstić information content (AvgIpc) is 2.56. The second-order valence-corrected chi connectivity index (χ2v) is 4.11. The van der Waals surface area contributed by atoms with Gasteiger partial charge in [-0.3, -0.25) is 0 Å². The van der Waals surface area contributed by atoms with Gasteiger partial charge in [0.1, 0.15) is 0 Å². The normalized spacial score (nSPS) is 12.5. The molecular weight excluding hydrogens is 220 g/mol. The Labute approximate surface area is 99.1 Å². The maximum absolute atomic E-state index is 11.6. The van der Waals surface area contributed by atoms with Crippen molar-refractivity contribution in [1.29, 1.82) is 0 Å². The average molecular weight is 235 g/mol. The number of hydrogen-bond acceptors (Lipinski definition) is 3. The van der Waals surface area contributed by atoms with Crippen LogP contribution in [0.3, 0.4) is 0 Å². The highest BCUT2D eigenvalue weighted by Gasteiger charge is 2.18. The summed E-state index contributed by atoms with van der Waals surface area (Å²) in [6, 6.07) is 0. The summed E-state index contributed by atoms with van der Waals surface area (Å²) in [5.74, 6) is 1.10. The summed E-state index contributed by atoms with van der Waals surface area (Å²) in [5, 5.41) is 20.2. The highest BCUT2D eigenvalue weighted by molar-refractivity contribution is 5.52. The van der Waals surface area contributed by atoms with Gasteiger partial charge in [-0.05, 0) is 12.2 Å². The molecule has 1 aliphatic rings. The predicted octanol–water partition coefficient (Wildman–Crippen LogP) is -1.70. The molecule has 92 valence electrons. The van der Waals surface area contributed by atoms with Crippen LogP contribution < -0.4 is 19.8 Å². The third kappa shape index (κ3) is 1.79. The molecule has 0 spiro atoms. The fourth-order valence-corrected chi connectivity index (χ4v) is 1.80. The first-order valence-corrected chi connectivity index (χ1v) is 5.18. The van der Waals surface area contributed by atoms with E-state index in [4.69, 9.17) is 0 Å². The minimum absolute atomic E-state index is 0.314. The van der Waals surface area contributed by atoms with E-state index in [1.807, 2.05) is 44.1 Å². The van der Waals surface area contributed by atoms with Crippen LogP contribution in [0.15, 0.2) is 12.3 Å². The van der Waals surface area contributed by atoms with Gasteiger partial charge in [0.2, 0.25) is 0 Å². The lowest BCUT2D eigenvalue weighted by Crippen LogP contribution is -2.51. The van der Waals surface area contributed by atoms with E-state index >= 15 is 0 Å². The molecule has 0 unspecified atom stereocenters. The van der Waals surface area contributed by atoms with Crippen molar-refractivity contribution in [2.24, 2.45) is 0 Å². The lowest BCUT2D eigenvalue weighted by molar-refractivity contribution is -0.792. The van der Waals surface area contributed by atoms with Crippen LogP contribution >= 0.6 is 0 Å². The summed E-state index contributed by atoms with van der Waals surface area (Å²) >= 11 is 0. The molecule has 0 bridgehead atoms. The summed E-state index contributed by atoms with van der Waals surface area (Å²) in [4.78, 5) is 4.31. The summed E-state index contributed by atoms with van der Waals surface area (Å²) in [5.41, 5.74) is 0. The minimum Gasteiger partial charge on any atom is -0.819 e. The first-order valence-electron chi connectivity index (χ1n) is 5.18. The molecule has 7 nitrogen and oxygen atoms in total.